The molecule has 14 heavy (non-hydrogen) atoms. The molecule has 1 atom stereocenters. The van der Waals surface area contributed by atoms with Crippen LogP contribution in [-0.4, -0.2) is 17.1 Å². The fraction of sp³-hybridized carbons (Fsp3) is 0.545. The van der Waals surface area contributed by atoms with Crippen molar-refractivity contribution in [2.75, 3.05) is 7.11 Å². The normalized spacial score (nSPS) is 21.8. The summed E-state index contributed by atoms with van der Waals surface area (Å²) < 4.78 is 5.28. The number of aromatic amines is 1. The van der Waals surface area contributed by atoms with Crippen molar-refractivity contribution in [2.45, 2.75) is 25.7 Å². The highest BCUT2D eigenvalue weighted by molar-refractivity contribution is 5.03. The first kappa shape index (κ1) is 9.31. The molecule has 3 heteroatoms. The third-order valence-corrected chi connectivity index (χ3v) is 2.76. The summed E-state index contributed by atoms with van der Waals surface area (Å²) in [4.78, 5) is 7.17. The average Bonchev–Trinajstić information content (AvgIpc) is 2.71. The molecule has 3 nitrogen and oxygen atoms in total. The van der Waals surface area contributed by atoms with Gasteiger partial charge < -0.3 is 9.72 Å². The molecule has 0 fully saturated rings. The Morgan fingerprint density at radius 3 is 3.29 bits per heavy atom. The van der Waals surface area contributed by atoms with Gasteiger partial charge in [-0.25, -0.2) is 4.98 Å². The highest BCUT2D eigenvalue weighted by Crippen LogP contribution is 2.26. The van der Waals surface area contributed by atoms with Crippen LogP contribution in [-0.2, 0) is 11.2 Å². The molecule has 1 heterocycles. The number of H-pyrrole nitrogens is 1. The minimum Gasteiger partial charge on any atom is -0.501 e. The molecule has 0 saturated carbocycles. The van der Waals surface area contributed by atoms with Gasteiger partial charge in [0.15, 0.2) is 0 Å². The van der Waals surface area contributed by atoms with E-state index in [2.05, 4.69) is 16.0 Å². The van der Waals surface area contributed by atoms with Gasteiger partial charge in [0.05, 0.1) is 19.2 Å². The van der Waals surface area contributed by atoms with Crippen LogP contribution in [0.5, 0.6) is 0 Å². The van der Waals surface area contributed by atoms with Crippen LogP contribution < -0.4 is 0 Å². The molecule has 1 aliphatic carbocycles. The number of hydrogen-bond donors (Lipinski definition) is 1. The Morgan fingerprint density at radius 2 is 2.57 bits per heavy atom. The predicted molar refractivity (Wildman–Crippen MR) is 54.7 cm³/mol. The zero-order valence-corrected chi connectivity index (χ0v) is 8.49. The van der Waals surface area contributed by atoms with E-state index in [0.29, 0.717) is 5.92 Å². The van der Waals surface area contributed by atoms with Gasteiger partial charge in [0.25, 0.3) is 0 Å². The number of imidazole rings is 1. The van der Waals surface area contributed by atoms with Gasteiger partial charge in [-0.2, -0.15) is 0 Å². The third-order valence-electron chi connectivity index (χ3n) is 2.76. The number of allylic oxidation sites excluding steroid dienone is 2. The maximum atomic E-state index is 5.28. The second-order valence-corrected chi connectivity index (χ2v) is 3.80. The second kappa shape index (κ2) is 4.31. The van der Waals surface area contributed by atoms with Crippen LogP contribution >= 0.6 is 0 Å². The van der Waals surface area contributed by atoms with Gasteiger partial charge in [0, 0.05) is 18.3 Å². The number of methoxy groups -OCH3 is 1. The molecule has 1 unspecified atom stereocenters. The second-order valence-electron chi connectivity index (χ2n) is 3.80. The zero-order chi connectivity index (χ0) is 9.80. The summed E-state index contributed by atoms with van der Waals surface area (Å²) in [6.45, 7) is 0. The predicted octanol–water partition coefficient (Wildman–Crippen LogP) is 2.28. The molecule has 0 bridgehead atoms. The van der Waals surface area contributed by atoms with Crippen molar-refractivity contribution in [3.63, 3.8) is 0 Å². The van der Waals surface area contributed by atoms with Crippen molar-refractivity contribution in [2.24, 2.45) is 5.92 Å². The van der Waals surface area contributed by atoms with E-state index >= 15 is 0 Å². The van der Waals surface area contributed by atoms with E-state index in [9.17, 15) is 0 Å². The van der Waals surface area contributed by atoms with Crippen LogP contribution in [0.15, 0.2) is 24.4 Å². The Balaban J connectivity index is 1.91. The summed E-state index contributed by atoms with van der Waals surface area (Å²) in [6, 6.07) is 0. The first-order valence-electron chi connectivity index (χ1n) is 5.08. The van der Waals surface area contributed by atoms with Gasteiger partial charge in [-0.15, -0.1) is 0 Å². The highest BCUT2D eigenvalue weighted by atomic mass is 16.5. The monoisotopic (exact) mass is 192 g/mol. The van der Waals surface area contributed by atoms with Crippen molar-refractivity contribution < 1.29 is 4.74 Å². The van der Waals surface area contributed by atoms with Gasteiger partial charge in [0.2, 0.25) is 0 Å². The van der Waals surface area contributed by atoms with Crippen LogP contribution in [0.25, 0.3) is 0 Å². The SMILES string of the molecule is COC1=CCCC(Cc2cnc[nH]2)C1. The molecule has 76 valence electrons. The molecule has 0 saturated heterocycles. The maximum Gasteiger partial charge on any atom is 0.0921 e. The quantitative estimate of drug-likeness (QED) is 0.797. The Labute approximate surface area is 84.2 Å². The van der Waals surface area contributed by atoms with Gasteiger partial charge >= 0.3 is 0 Å². The summed E-state index contributed by atoms with van der Waals surface area (Å²) in [7, 11) is 1.75. The van der Waals surface area contributed by atoms with E-state index in [1.807, 2.05) is 6.20 Å². The van der Waals surface area contributed by atoms with E-state index < -0.39 is 0 Å². The van der Waals surface area contributed by atoms with Crippen molar-refractivity contribution in [1.82, 2.24) is 9.97 Å². The molecular formula is C11H16N2O. The number of ether oxygens (including phenoxy) is 1. The van der Waals surface area contributed by atoms with Crippen molar-refractivity contribution in [3.8, 4) is 0 Å². The maximum absolute atomic E-state index is 5.28. The molecule has 0 aliphatic heterocycles. The van der Waals surface area contributed by atoms with Crippen LogP contribution in [0.2, 0.25) is 0 Å². The minimum atomic E-state index is 0.704. The summed E-state index contributed by atoms with van der Waals surface area (Å²) in [6.07, 6.45) is 10.4. The lowest BCUT2D eigenvalue weighted by molar-refractivity contribution is 0.243. The molecule has 1 aromatic heterocycles. The molecule has 1 aromatic rings. The zero-order valence-electron chi connectivity index (χ0n) is 8.49. The lowest BCUT2D eigenvalue weighted by Crippen LogP contribution is -2.10. The van der Waals surface area contributed by atoms with E-state index in [0.717, 1.165) is 25.0 Å². The third kappa shape index (κ3) is 2.16. The van der Waals surface area contributed by atoms with Gasteiger partial charge in [0.1, 0.15) is 0 Å². The Morgan fingerprint density at radius 1 is 1.64 bits per heavy atom. The lowest BCUT2D eigenvalue weighted by atomic mass is 9.89. The molecular weight excluding hydrogens is 176 g/mol. The lowest BCUT2D eigenvalue weighted by Gasteiger charge is -2.21. The summed E-state index contributed by atoms with van der Waals surface area (Å²) in [5, 5.41) is 0. The molecule has 0 amide bonds. The largest absolute Gasteiger partial charge is 0.501 e. The Kier molecular flexibility index (Phi) is 2.87. The Bertz CT molecular complexity index is 303. The van der Waals surface area contributed by atoms with Crippen LogP contribution in [0.1, 0.15) is 25.0 Å². The standard InChI is InChI=1S/C11H16N2O/c1-14-11-4-2-3-9(6-11)5-10-7-12-8-13-10/h4,7-9H,2-3,5-6H2,1H3,(H,12,13). The molecule has 1 aliphatic rings. The van der Waals surface area contributed by atoms with Crippen molar-refractivity contribution in [3.05, 3.63) is 30.1 Å². The fourth-order valence-corrected chi connectivity index (χ4v) is 2.00. The molecule has 0 spiro atoms. The van der Waals surface area contributed by atoms with Gasteiger partial charge in [-0.1, -0.05) is 0 Å². The summed E-state index contributed by atoms with van der Waals surface area (Å²) in [5.41, 5.74) is 1.23. The highest BCUT2D eigenvalue weighted by Gasteiger charge is 2.16. The molecule has 0 radical (unpaired) electrons. The van der Waals surface area contributed by atoms with Gasteiger partial charge in [-0.3, -0.25) is 0 Å². The Hall–Kier alpha value is -1.25. The number of nitrogens with one attached hydrogen (secondary N) is 1. The number of hydrogen-bond acceptors (Lipinski definition) is 2. The van der Waals surface area contributed by atoms with Crippen LogP contribution in [0.3, 0.4) is 0 Å². The van der Waals surface area contributed by atoms with E-state index in [-0.39, 0.29) is 0 Å². The van der Waals surface area contributed by atoms with E-state index in [1.165, 1.54) is 12.1 Å². The molecule has 0 aromatic carbocycles. The fourth-order valence-electron chi connectivity index (χ4n) is 2.00. The molecule has 2 rings (SSSR count). The van der Waals surface area contributed by atoms with E-state index in [4.69, 9.17) is 4.74 Å². The number of aromatic nitrogens is 2. The van der Waals surface area contributed by atoms with Gasteiger partial charge in [-0.05, 0) is 31.3 Å². The average molecular weight is 192 g/mol. The first-order valence-corrected chi connectivity index (χ1v) is 5.08. The first-order chi connectivity index (χ1) is 6.88. The van der Waals surface area contributed by atoms with Crippen molar-refractivity contribution in [1.29, 1.82) is 0 Å². The number of rotatable bonds is 3. The van der Waals surface area contributed by atoms with Crippen LogP contribution in [0.4, 0.5) is 0 Å². The van der Waals surface area contributed by atoms with Crippen molar-refractivity contribution >= 4 is 0 Å². The minimum absolute atomic E-state index is 0.704. The van der Waals surface area contributed by atoms with E-state index in [1.54, 1.807) is 13.4 Å². The smallest absolute Gasteiger partial charge is 0.0921 e. The van der Waals surface area contributed by atoms with Crippen LogP contribution in [0, 0.1) is 5.92 Å². The number of nitrogens with zero attached hydrogens (tertiary/aromatic N) is 1. The molecule has 1 N–H and O–H groups in total. The summed E-state index contributed by atoms with van der Waals surface area (Å²) >= 11 is 0. The summed E-state index contributed by atoms with van der Waals surface area (Å²) in [5.74, 6) is 1.84. The topological polar surface area (TPSA) is 37.9 Å².